The Morgan fingerprint density at radius 1 is 1.64 bits per heavy atom. The van der Waals surface area contributed by atoms with Crippen LogP contribution in [0.2, 0.25) is 5.15 Å². The zero-order chi connectivity index (χ0) is 10.1. The van der Waals surface area contributed by atoms with E-state index in [0.29, 0.717) is 11.7 Å². The van der Waals surface area contributed by atoms with Gasteiger partial charge in [0.2, 0.25) is 5.15 Å². The Labute approximate surface area is 85.2 Å². The van der Waals surface area contributed by atoms with Gasteiger partial charge in [-0.15, -0.1) is 0 Å². The van der Waals surface area contributed by atoms with Gasteiger partial charge in [0.15, 0.2) is 0 Å². The van der Waals surface area contributed by atoms with Crippen molar-refractivity contribution in [1.82, 2.24) is 4.98 Å². The molecular weight excluding hydrogens is 206 g/mol. The summed E-state index contributed by atoms with van der Waals surface area (Å²) in [4.78, 5) is 13.8. The third-order valence-electron chi connectivity index (χ3n) is 2.00. The molecule has 1 aliphatic carbocycles. The second-order valence-corrected chi connectivity index (χ2v) is 3.53. The molecule has 0 aliphatic heterocycles. The van der Waals surface area contributed by atoms with Crippen LogP contribution < -0.4 is 5.32 Å². The molecule has 0 bridgehead atoms. The number of pyridine rings is 1. The maximum Gasteiger partial charge on any atom is 0.329 e. The third kappa shape index (κ3) is 1.77. The molecule has 1 aliphatic rings. The van der Waals surface area contributed by atoms with E-state index in [1.807, 2.05) is 0 Å². The summed E-state index contributed by atoms with van der Waals surface area (Å²) in [7, 11) is 0. The van der Waals surface area contributed by atoms with Crippen molar-refractivity contribution in [3.63, 3.8) is 0 Å². The normalized spacial score (nSPS) is 15.2. The van der Waals surface area contributed by atoms with Crippen molar-refractivity contribution in [2.24, 2.45) is 0 Å². The van der Waals surface area contributed by atoms with Crippen molar-refractivity contribution >= 4 is 23.0 Å². The molecule has 0 amide bonds. The molecule has 0 saturated heterocycles. The molecule has 74 valence electrons. The topological polar surface area (TPSA) is 68.1 Å². The zero-order valence-electron chi connectivity index (χ0n) is 7.24. The molecule has 1 saturated carbocycles. The first kappa shape index (κ1) is 9.21. The van der Waals surface area contributed by atoms with Crippen molar-refractivity contribution in [3.05, 3.63) is 27.5 Å². The highest BCUT2D eigenvalue weighted by atomic mass is 35.5. The smallest absolute Gasteiger partial charge is 0.329 e. The number of hydrogen-bond acceptors (Lipinski definition) is 4. The molecule has 2 rings (SSSR count). The van der Waals surface area contributed by atoms with E-state index in [1.165, 1.54) is 6.20 Å². The number of anilines is 1. The number of aromatic nitrogens is 1. The molecule has 1 N–H and O–H groups in total. The number of nitro groups is 1. The quantitative estimate of drug-likeness (QED) is 0.475. The van der Waals surface area contributed by atoms with Crippen LogP contribution >= 0.6 is 11.6 Å². The van der Waals surface area contributed by atoms with E-state index in [1.54, 1.807) is 6.07 Å². The zero-order valence-corrected chi connectivity index (χ0v) is 7.99. The maximum absolute atomic E-state index is 10.7. The molecule has 0 atom stereocenters. The highest BCUT2D eigenvalue weighted by Crippen LogP contribution is 2.34. The van der Waals surface area contributed by atoms with E-state index in [-0.39, 0.29) is 10.8 Å². The highest BCUT2D eigenvalue weighted by molar-refractivity contribution is 6.32. The minimum atomic E-state index is -0.514. The molecule has 0 unspecified atom stereocenters. The predicted octanol–water partition coefficient (Wildman–Crippen LogP) is 2.22. The van der Waals surface area contributed by atoms with Gasteiger partial charge in [-0.25, -0.2) is 4.98 Å². The SMILES string of the molecule is O=[N+]([O-])c1c(NC2CC2)ccnc1Cl. The van der Waals surface area contributed by atoms with Gasteiger partial charge in [0.1, 0.15) is 5.69 Å². The van der Waals surface area contributed by atoms with E-state index in [2.05, 4.69) is 10.3 Å². The van der Waals surface area contributed by atoms with E-state index in [9.17, 15) is 10.1 Å². The Morgan fingerprint density at radius 2 is 2.36 bits per heavy atom. The lowest BCUT2D eigenvalue weighted by Crippen LogP contribution is -2.04. The number of hydrogen-bond donors (Lipinski definition) is 1. The molecule has 0 aromatic carbocycles. The van der Waals surface area contributed by atoms with E-state index in [4.69, 9.17) is 11.6 Å². The van der Waals surface area contributed by atoms with Gasteiger partial charge in [0.25, 0.3) is 0 Å². The molecule has 14 heavy (non-hydrogen) atoms. The molecule has 0 spiro atoms. The summed E-state index contributed by atoms with van der Waals surface area (Å²) < 4.78 is 0. The van der Waals surface area contributed by atoms with E-state index in [0.717, 1.165) is 12.8 Å². The fourth-order valence-electron chi connectivity index (χ4n) is 1.17. The maximum atomic E-state index is 10.7. The Hall–Kier alpha value is -1.36. The van der Waals surface area contributed by atoms with Crippen molar-refractivity contribution < 1.29 is 4.92 Å². The molecule has 6 heteroatoms. The largest absolute Gasteiger partial charge is 0.377 e. The summed E-state index contributed by atoms with van der Waals surface area (Å²) in [5.41, 5.74) is 0.318. The summed E-state index contributed by atoms with van der Waals surface area (Å²) >= 11 is 5.64. The fraction of sp³-hybridized carbons (Fsp3) is 0.375. The Kier molecular flexibility index (Phi) is 2.25. The van der Waals surface area contributed by atoms with Gasteiger partial charge >= 0.3 is 5.69 Å². The summed E-state index contributed by atoms with van der Waals surface area (Å²) in [6.45, 7) is 0. The van der Waals surface area contributed by atoms with Gasteiger partial charge in [0.05, 0.1) is 4.92 Å². The standard InChI is InChI=1S/C8H8ClN3O2/c9-8-7(12(13)14)6(3-4-10-8)11-5-1-2-5/h3-5H,1-2H2,(H,10,11). The Morgan fingerprint density at radius 3 is 2.93 bits per heavy atom. The molecule has 1 aromatic heterocycles. The lowest BCUT2D eigenvalue weighted by molar-refractivity contribution is -0.384. The minimum Gasteiger partial charge on any atom is -0.377 e. The van der Waals surface area contributed by atoms with Gasteiger partial charge in [-0.3, -0.25) is 10.1 Å². The first-order chi connectivity index (χ1) is 6.68. The lowest BCUT2D eigenvalue weighted by Gasteiger charge is -2.04. The second-order valence-electron chi connectivity index (χ2n) is 3.17. The van der Waals surface area contributed by atoms with Crippen LogP contribution in [0.4, 0.5) is 11.4 Å². The van der Waals surface area contributed by atoms with E-state index < -0.39 is 4.92 Å². The van der Waals surface area contributed by atoms with Crippen LogP contribution in [0.15, 0.2) is 12.3 Å². The molecule has 1 fully saturated rings. The fourth-order valence-corrected chi connectivity index (χ4v) is 1.39. The molecule has 1 heterocycles. The van der Waals surface area contributed by atoms with Crippen LogP contribution in [-0.4, -0.2) is 15.9 Å². The van der Waals surface area contributed by atoms with Crippen LogP contribution in [0.1, 0.15) is 12.8 Å². The average molecular weight is 214 g/mol. The van der Waals surface area contributed by atoms with Crippen LogP contribution in [0, 0.1) is 10.1 Å². The van der Waals surface area contributed by atoms with Crippen molar-refractivity contribution in [3.8, 4) is 0 Å². The first-order valence-electron chi connectivity index (χ1n) is 4.24. The van der Waals surface area contributed by atoms with Gasteiger partial charge in [0, 0.05) is 12.2 Å². The third-order valence-corrected chi connectivity index (χ3v) is 2.28. The number of nitrogens with zero attached hydrogens (tertiary/aromatic N) is 2. The summed E-state index contributed by atoms with van der Waals surface area (Å²) in [6.07, 6.45) is 3.56. The highest BCUT2D eigenvalue weighted by Gasteiger charge is 2.26. The minimum absolute atomic E-state index is 0.0688. The Bertz CT molecular complexity index is 379. The van der Waals surface area contributed by atoms with Gasteiger partial charge in [-0.05, 0) is 18.9 Å². The van der Waals surface area contributed by atoms with Crippen LogP contribution in [0.5, 0.6) is 0 Å². The second kappa shape index (κ2) is 3.42. The Balaban J connectivity index is 2.35. The predicted molar refractivity (Wildman–Crippen MR) is 52.5 cm³/mol. The summed E-state index contributed by atoms with van der Waals surface area (Å²) in [5.74, 6) is 0. The first-order valence-corrected chi connectivity index (χ1v) is 4.61. The van der Waals surface area contributed by atoms with Crippen molar-refractivity contribution in [1.29, 1.82) is 0 Å². The van der Waals surface area contributed by atoms with Gasteiger partial charge in [-0.2, -0.15) is 0 Å². The van der Waals surface area contributed by atoms with Crippen molar-refractivity contribution in [2.45, 2.75) is 18.9 Å². The van der Waals surface area contributed by atoms with Gasteiger partial charge < -0.3 is 5.32 Å². The number of rotatable bonds is 3. The average Bonchev–Trinajstić information content (AvgIpc) is 2.87. The van der Waals surface area contributed by atoms with Gasteiger partial charge in [-0.1, -0.05) is 11.6 Å². The summed E-state index contributed by atoms with van der Waals surface area (Å²) in [5, 5.41) is 13.7. The number of nitrogens with one attached hydrogen (secondary N) is 1. The van der Waals surface area contributed by atoms with Crippen LogP contribution in [0.3, 0.4) is 0 Å². The lowest BCUT2D eigenvalue weighted by atomic mass is 10.3. The van der Waals surface area contributed by atoms with Crippen LogP contribution in [0.25, 0.3) is 0 Å². The summed E-state index contributed by atoms with van der Waals surface area (Å²) in [6, 6.07) is 1.93. The molecular formula is C8H8ClN3O2. The van der Waals surface area contributed by atoms with Crippen LogP contribution in [-0.2, 0) is 0 Å². The molecule has 5 nitrogen and oxygen atoms in total. The van der Waals surface area contributed by atoms with E-state index >= 15 is 0 Å². The van der Waals surface area contributed by atoms with Crippen molar-refractivity contribution in [2.75, 3.05) is 5.32 Å². The molecule has 1 aromatic rings. The molecule has 0 radical (unpaired) electrons. The monoisotopic (exact) mass is 213 g/mol. The number of halogens is 1.